The highest BCUT2D eigenvalue weighted by Gasteiger charge is 2.35. The van der Waals surface area contributed by atoms with Crippen molar-refractivity contribution >= 4 is 33.0 Å². The first-order valence-electron chi connectivity index (χ1n) is 8.37. The van der Waals surface area contributed by atoms with Gasteiger partial charge in [-0.15, -0.1) is 0 Å². The molecule has 0 aromatic heterocycles. The summed E-state index contributed by atoms with van der Waals surface area (Å²) < 4.78 is 66.1. The first-order chi connectivity index (χ1) is 13.9. The van der Waals surface area contributed by atoms with Gasteiger partial charge in [-0.25, -0.2) is 13.1 Å². The fourth-order valence-electron chi connectivity index (χ4n) is 2.42. The van der Waals surface area contributed by atoms with E-state index >= 15 is 0 Å². The molecule has 0 radical (unpaired) electrons. The Balaban J connectivity index is 2.02. The third kappa shape index (κ3) is 6.15. The van der Waals surface area contributed by atoms with Crippen LogP contribution in [0.3, 0.4) is 0 Å². The third-order valence-electron chi connectivity index (χ3n) is 3.74. The normalized spacial score (nSPS) is 11.7. The molecule has 30 heavy (non-hydrogen) atoms. The summed E-state index contributed by atoms with van der Waals surface area (Å²) in [6, 6.07) is 7.54. The highest BCUT2D eigenvalue weighted by Crippen LogP contribution is 2.36. The number of rotatable bonds is 8. The molecule has 0 aliphatic heterocycles. The van der Waals surface area contributed by atoms with Gasteiger partial charge < -0.3 is 10.6 Å². The van der Waals surface area contributed by atoms with Crippen molar-refractivity contribution < 1.29 is 31.3 Å². The Labute approximate surface area is 169 Å². The lowest BCUT2D eigenvalue weighted by Gasteiger charge is -2.15. The molecule has 9 nitrogen and oxygen atoms in total. The number of nitro benzene ring substituents is 1. The monoisotopic (exact) mass is 446 g/mol. The molecule has 1 amide bonds. The number of sulfonamides is 1. The first kappa shape index (κ1) is 23.1. The number of hydrogen-bond acceptors (Lipinski definition) is 6. The topological polar surface area (TPSA) is 130 Å². The van der Waals surface area contributed by atoms with Crippen LogP contribution in [0.15, 0.2) is 47.4 Å². The number of carbonyl (C=O) groups excluding carboxylic acids is 1. The molecular weight excluding hydrogens is 429 g/mol. The van der Waals surface area contributed by atoms with E-state index < -0.39 is 38.1 Å². The van der Waals surface area contributed by atoms with E-state index in [1.54, 1.807) is 0 Å². The van der Waals surface area contributed by atoms with Crippen molar-refractivity contribution in [1.29, 1.82) is 0 Å². The molecule has 0 saturated carbocycles. The largest absolute Gasteiger partial charge is 0.418 e. The molecule has 0 fully saturated rings. The van der Waals surface area contributed by atoms with E-state index in [1.165, 1.54) is 31.2 Å². The van der Waals surface area contributed by atoms with Gasteiger partial charge in [-0.05, 0) is 30.3 Å². The number of nitro groups is 1. The average Bonchev–Trinajstić information content (AvgIpc) is 2.64. The second kappa shape index (κ2) is 9.09. The van der Waals surface area contributed by atoms with Gasteiger partial charge in [0.25, 0.3) is 5.69 Å². The minimum absolute atomic E-state index is 0.0945. The Morgan fingerprint density at radius 3 is 2.27 bits per heavy atom. The Hall–Kier alpha value is -3.19. The van der Waals surface area contributed by atoms with Crippen molar-refractivity contribution in [2.45, 2.75) is 18.0 Å². The summed E-state index contributed by atoms with van der Waals surface area (Å²) >= 11 is 0. The molecule has 0 aliphatic carbocycles. The number of anilines is 2. The fraction of sp³-hybridized carbons (Fsp3) is 0.235. The van der Waals surface area contributed by atoms with Gasteiger partial charge in [0, 0.05) is 43.5 Å². The highest BCUT2D eigenvalue weighted by molar-refractivity contribution is 7.89. The van der Waals surface area contributed by atoms with Gasteiger partial charge in [-0.2, -0.15) is 13.2 Å². The summed E-state index contributed by atoms with van der Waals surface area (Å²) in [5, 5.41) is 15.6. The number of benzene rings is 2. The molecule has 2 aromatic rings. The summed E-state index contributed by atoms with van der Waals surface area (Å²) in [7, 11) is -3.93. The molecular formula is C17H17F3N4O5S. The predicted octanol–water partition coefficient (Wildman–Crippen LogP) is 2.96. The molecule has 0 aliphatic rings. The van der Waals surface area contributed by atoms with Crippen molar-refractivity contribution in [2.24, 2.45) is 0 Å². The second-order valence-electron chi connectivity index (χ2n) is 6.01. The fourth-order valence-corrected chi connectivity index (χ4v) is 3.45. The number of non-ortho nitro benzene ring substituents is 1. The molecule has 0 saturated heterocycles. The summed E-state index contributed by atoms with van der Waals surface area (Å²) in [4.78, 5) is 20.6. The van der Waals surface area contributed by atoms with Crippen LogP contribution in [0.1, 0.15) is 12.5 Å². The molecule has 0 unspecified atom stereocenters. The highest BCUT2D eigenvalue weighted by atomic mass is 32.2. The Morgan fingerprint density at radius 2 is 1.73 bits per heavy atom. The van der Waals surface area contributed by atoms with Gasteiger partial charge in [-0.3, -0.25) is 14.9 Å². The number of alkyl halides is 3. The lowest BCUT2D eigenvalue weighted by molar-refractivity contribution is -0.385. The molecule has 3 N–H and O–H groups in total. The first-order valence-corrected chi connectivity index (χ1v) is 9.85. The van der Waals surface area contributed by atoms with E-state index in [-0.39, 0.29) is 23.9 Å². The molecule has 0 heterocycles. The quantitative estimate of drug-likeness (QED) is 0.325. The van der Waals surface area contributed by atoms with Gasteiger partial charge in [0.2, 0.25) is 15.9 Å². The van der Waals surface area contributed by atoms with E-state index in [1.807, 2.05) is 0 Å². The Kier molecular flexibility index (Phi) is 7.00. The number of hydrogen-bond donors (Lipinski definition) is 3. The number of nitrogens with one attached hydrogen (secondary N) is 3. The zero-order chi connectivity index (χ0) is 22.5. The lowest BCUT2D eigenvalue weighted by atomic mass is 10.1. The zero-order valence-corrected chi connectivity index (χ0v) is 16.3. The van der Waals surface area contributed by atoms with Crippen LogP contribution in [0, 0.1) is 10.1 Å². The van der Waals surface area contributed by atoms with E-state index in [2.05, 4.69) is 15.4 Å². The molecule has 2 aromatic carbocycles. The summed E-state index contributed by atoms with van der Waals surface area (Å²) in [5.74, 6) is -0.320. The van der Waals surface area contributed by atoms with Crippen LogP contribution in [0.5, 0.6) is 0 Å². The van der Waals surface area contributed by atoms with E-state index in [4.69, 9.17) is 0 Å². The second-order valence-corrected chi connectivity index (χ2v) is 7.78. The van der Waals surface area contributed by atoms with Crippen molar-refractivity contribution in [3.05, 3.63) is 58.1 Å². The van der Waals surface area contributed by atoms with Crippen LogP contribution < -0.4 is 15.4 Å². The molecule has 0 atom stereocenters. The minimum atomic E-state index is -4.83. The lowest BCUT2D eigenvalue weighted by Crippen LogP contribution is -2.29. The van der Waals surface area contributed by atoms with Crippen LogP contribution in [-0.4, -0.2) is 32.3 Å². The van der Waals surface area contributed by atoms with Crippen LogP contribution in [0.25, 0.3) is 0 Å². The van der Waals surface area contributed by atoms with Crippen molar-refractivity contribution in [1.82, 2.24) is 4.72 Å². The van der Waals surface area contributed by atoms with Crippen LogP contribution in [0.4, 0.5) is 30.2 Å². The van der Waals surface area contributed by atoms with Crippen molar-refractivity contribution in [3.63, 3.8) is 0 Å². The molecule has 13 heteroatoms. The minimum Gasteiger partial charge on any atom is -0.383 e. The van der Waals surface area contributed by atoms with Crippen molar-refractivity contribution in [2.75, 3.05) is 23.7 Å². The standard InChI is InChI=1S/C17H17F3N4O5S/c1-11(25)23-12-2-5-14(6-3-12)30(28,29)22-9-8-21-16-7-4-13(24(26)27)10-15(16)17(18,19)20/h2-7,10,21-22H,8-9H2,1H3,(H,23,25). The molecule has 2 rings (SSSR count). The number of halogens is 3. The third-order valence-corrected chi connectivity index (χ3v) is 5.21. The molecule has 0 bridgehead atoms. The van der Waals surface area contributed by atoms with Crippen LogP contribution in [-0.2, 0) is 21.0 Å². The molecule has 0 spiro atoms. The summed E-state index contributed by atoms with van der Waals surface area (Å²) in [6.07, 6.45) is -4.83. The number of carbonyl (C=O) groups is 1. The predicted molar refractivity (Wildman–Crippen MR) is 103 cm³/mol. The SMILES string of the molecule is CC(=O)Nc1ccc(S(=O)(=O)NCCNc2ccc([N+](=O)[O-])cc2C(F)(F)F)cc1. The number of amides is 1. The Morgan fingerprint density at radius 1 is 1.10 bits per heavy atom. The van der Waals surface area contributed by atoms with Gasteiger partial charge in [0.05, 0.1) is 15.4 Å². The van der Waals surface area contributed by atoms with Crippen molar-refractivity contribution in [3.8, 4) is 0 Å². The molecule has 162 valence electrons. The maximum atomic E-state index is 13.1. The van der Waals surface area contributed by atoms with Gasteiger partial charge in [-0.1, -0.05) is 0 Å². The maximum absolute atomic E-state index is 13.1. The van der Waals surface area contributed by atoms with Gasteiger partial charge in [0.15, 0.2) is 0 Å². The summed E-state index contributed by atoms with van der Waals surface area (Å²) in [6.45, 7) is 0.850. The van der Waals surface area contributed by atoms with Gasteiger partial charge in [0.1, 0.15) is 0 Å². The van der Waals surface area contributed by atoms with E-state index in [9.17, 15) is 36.5 Å². The van der Waals surface area contributed by atoms with E-state index in [0.717, 1.165) is 12.1 Å². The smallest absolute Gasteiger partial charge is 0.383 e. The Bertz CT molecular complexity index is 1040. The van der Waals surface area contributed by atoms with Crippen LogP contribution >= 0.6 is 0 Å². The van der Waals surface area contributed by atoms with E-state index in [0.29, 0.717) is 11.8 Å². The van der Waals surface area contributed by atoms with Crippen LogP contribution in [0.2, 0.25) is 0 Å². The zero-order valence-electron chi connectivity index (χ0n) is 15.5. The maximum Gasteiger partial charge on any atom is 0.418 e. The number of nitrogens with zero attached hydrogens (tertiary/aromatic N) is 1. The summed E-state index contributed by atoms with van der Waals surface area (Å²) in [5.41, 5.74) is -1.95. The van der Waals surface area contributed by atoms with Gasteiger partial charge >= 0.3 is 6.18 Å². The average molecular weight is 446 g/mol.